The normalized spacial score (nSPS) is 56.8. The lowest BCUT2D eigenvalue weighted by molar-refractivity contribution is -0.103. The summed E-state index contributed by atoms with van der Waals surface area (Å²) in [5.74, 6) is 4.23. The molecule has 3 fully saturated rings. The Hall–Kier alpha value is 0. The van der Waals surface area contributed by atoms with Crippen LogP contribution in [-0.2, 0) is 0 Å². The Bertz CT molecular complexity index is 278. The predicted molar refractivity (Wildman–Crippen MR) is 64.6 cm³/mol. The van der Waals surface area contributed by atoms with Crippen molar-refractivity contribution in [3.05, 3.63) is 0 Å². The maximum atomic E-state index is 2.61. The highest BCUT2D eigenvalue weighted by atomic mass is 14.6. The second-order valence-electron chi connectivity index (χ2n) is 7.80. The predicted octanol–water partition coefficient (Wildman–Crippen LogP) is 4.49. The van der Waals surface area contributed by atoms with Crippen LogP contribution < -0.4 is 0 Å². The zero-order valence-electron chi connectivity index (χ0n) is 10.8. The summed E-state index contributed by atoms with van der Waals surface area (Å²) in [6.45, 7) is 10.1. The van der Waals surface area contributed by atoms with Crippen molar-refractivity contribution in [3.8, 4) is 0 Å². The van der Waals surface area contributed by atoms with Crippen LogP contribution in [0, 0.1) is 34.5 Å². The first kappa shape index (κ1) is 10.2. The molecule has 0 aromatic carbocycles. The molecule has 0 aliphatic heterocycles. The van der Waals surface area contributed by atoms with Gasteiger partial charge >= 0.3 is 0 Å². The first-order chi connectivity index (χ1) is 6.92. The Balaban J connectivity index is 1.90. The quantitative estimate of drug-likeness (QED) is 0.547. The topological polar surface area (TPSA) is 0 Å². The number of fused-ring (bicyclic) bond motifs is 3. The summed E-state index contributed by atoms with van der Waals surface area (Å²) < 4.78 is 0. The van der Waals surface area contributed by atoms with Gasteiger partial charge in [0.25, 0.3) is 0 Å². The van der Waals surface area contributed by atoms with Crippen LogP contribution in [0.2, 0.25) is 0 Å². The van der Waals surface area contributed by atoms with E-state index in [1.54, 1.807) is 0 Å². The maximum Gasteiger partial charge on any atom is -0.0264 e. The zero-order valence-corrected chi connectivity index (χ0v) is 10.8. The van der Waals surface area contributed by atoms with E-state index < -0.39 is 0 Å². The third kappa shape index (κ3) is 1.26. The Kier molecular flexibility index (Phi) is 1.91. The fraction of sp³-hybridized carbons (Fsp3) is 1.00. The van der Waals surface area contributed by atoms with Crippen LogP contribution in [0.25, 0.3) is 0 Å². The number of rotatable bonds is 0. The van der Waals surface area contributed by atoms with Crippen molar-refractivity contribution in [2.24, 2.45) is 34.5 Å². The van der Waals surface area contributed by atoms with Crippen LogP contribution in [0.4, 0.5) is 0 Å². The maximum absolute atomic E-state index is 2.61. The zero-order chi connectivity index (χ0) is 10.8. The lowest BCUT2D eigenvalue weighted by atomic mass is 9.45. The molecular weight excluding hydrogens is 180 g/mol. The lowest BCUT2D eigenvalue weighted by Crippen LogP contribution is -2.52. The first-order valence-electron chi connectivity index (χ1n) is 6.92. The average molecular weight is 206 g/mol. The molecular formula is C15H26. The fourth-order valence-corrected chi connectivity index (χ4v) is 5.52. The molecule has 0 aromatic rings. The van der Waals surface area contributed by atoms with Crippen molar-refractivity contribution >= 4 is 0 Å². The molecule has 0 radical (unpaired) electrons. The van der Waals surface area contributed by atoms with Gasteiger partial charge in [-0.05, 0) is 66.6 Å². The van der Waals surface area contributed by atoms with Crippen molar-refractivity contribution in [3.63, 3.8) is 0 Å². The van der Waals surface area contributed by atoms with Gasteiger partial charge in [0.1, 0.15) is 0 Å². The summed E-state index contributed by atoms with van der Waals surface area (Å²) in [4.78, 5) is 0. The monoisotopic (exact) mass is 206 g/mol. The van der Waals surface area contributed by atoms with Gasteiger partial charge in [-0.1, -0.05) is 27.7 Å². The molecule has 3 saturated carbocycles. The van der Waals surface area contributed by atoms with Gasteiger partial charge in [-0.3, -0.25) is 0 Å². The van der Waals surface area contributed by atoms with E-state index in [0.717, 1.165) is 29.1 Å². The standard InChI is InChI=1S/C15H26/c1-10-7-11-8-14(2,3)9-13(11)15(4)6-5-12(10)15/h10-13H,5-9H2,1-4H3/t10-,11-,12-,13+,15?/m1/s1. The Morgan fingerprint density at radius 1 is 1.00 bits per heavy atom. The highest BCUT2D eigenvalue weighted by Crippen LogP contribution is 2.67. The molecule has 0 amide bonds. The van der Waals surface area contributed by atoms with E-state index in [9.17, 15) is 0 Å². The molecule has 1 unspecified atom stereocenters. The van der Waals surface area contributed by atoms with Crippen LogP contribution in [0.15, 0.2) is 0 Å². The molecule has 3 aliphatic rings. The summed E-state index contributed by atoms with van der Waals surface area (Å²) in [5, 5.41) is 0. The van der Waals surface area contributed by atoms with Crippen LogP contribution in [0.3, 0.4) is 0 Å². The molecule has 15 heavy (non-hydrogen) atoms. The molecule has 0 saturated heterocycles. The molecule has 86 valence electrons. The van der Waals surface area contributed by atoms with E-state index in [1.807, 2.05) is 0 Å². The second kappa shape index (κ2) is 2.81. The van der Waals surface area contributed by atoms with Crippen molar-refractivity contribution in [1.29, 1.82) is 0 Å². The molecule has 0 spiro atoms. The summed E-state index contributed by atoms with van der Waals surface area (Å²) >= 11 is 0. The van der Waals surface area contributed by atoms with Gasteiger partial charge in [0.15, 0.2) is 0 Å². The van der Waals surface area contributed by atoms with Crippen LogP contribution in [-0.4, -0.2) is 0 Å². The minimum atomic E-state index is 0.641. The van der Waals surface area contributed by atoms with Gasteiger partial charge in [0.2, 0.25) is 0 Å². The van der Waals surface area contributed by atoms with Gasteiger partial charge in [-0.25, -0.2) is 0 Å². The van der Waals surface area contributed by atoms with Crippen LogP contribution in [0.1, 0.15) is 59.8 Å². The molecule has 5 atom stereocenters. The van der Waals surface area contributed by atoms with Gasteiger partial charge in [-0.15, -0.1) is 0 Å². The van der Waals surface area contributed by atoms with Gasteiger partial charge in [0, 0.05) is 0 Å². The van der Waals surface area contributed by atoms with E-state index in [-0.39, 0.29) is 0 Å². The fourth-order valence-electron chi connectivity index (χ4n) is 5.52. The number of hydrogen-bond acceptors (Lipinski definition) is 0. The van der Waals surface area contributed by atoms with Crippen molar-refractivity contribution in [1.82, 2.24) is 0 Å². The Labute approximate surface area is 94.8 Å². The van der Waals surface area contributed by atoms with Crippen molar-refractivity contribution in [2.75, 3.05) is 0 Å². The van der Waals surface area contributed by atoms with Crippen molar-refractivity contribution < 1.29 is 0 Å². The first-order valence-corrected chi connectivity index (χ1v) is 6.92. The Morgan fingerprint density at radius 3 is 2.33 bits per heavy atom. The van der Waals surface area contributed by atoms with E-state index in [0.29, 0.717) is 5.41 Å². The molecule has 0 heteroatoms. The lowest BCUT2D eigenvalue weighted by Gasteiger charge is -2.59. The summed E-state index contributed by atoms with van der Waals surface area (Å²) in [6, 6.07) is 0. The number of hydrogen-bond donors (Lipinski definition) is 0. The Morgan fingerprint density at radius 2 is 1.73 bits per heavy atom. The summed E-state index contributed by atoms with van der Waals surface area (Å²) in [7, 11) is 0. The highest BCUT2D eigenvalue weighted by Gasteiger charge is 2.59. The minimum absolute atomic E-state index is 0.641. The highest BCUT2D eigenvalue weighted by molar-refractivity contribution is 5.08. The molecule has 0 N–H and O–H groups in total. The summed E-state index contributed by atoms with van der Waals surface area (Å²) in [6.07, 6.45) is 7.61. The van der Waals surface area contributed by atoms with E-state index in [4.69, 9.17) is 0 Å². The largest absolute Gasteiger partial charge is 0.0622 e. The third-order valence-corrected chi connectivity index (χ3v) is 6.21. The molecule has 3 aliphatic carbocycles. The van der Waals surface area contributed by atoms with Crippen LogP contribution in [0.5, 0.6) is 0 Å². The molecule has 0 heterocycles. The molecule has 0 nitrogen and oxygen atoms in total. The second-order valence-corrected chi connectivity index (χ2v) is 7.80. The van der Waals surface area contributed by atoms with Gasteiger partial charge < -0.3 is 0 Å². The molecule has 3 rings (SSSR count). The van der Waals surface area contributed by atoms with E-state index in [2.05, 4.69) is 27.7 Å². The molecule has 0 bridgehead atoms. The third-order valence-electron chi connectivity index (χ3n) is 6.21. The smallest absolute Gasteiger partial charge is 0.0264 e. The minimum Gasteiger partial charge on any atom is -0.0622 e. The SMILES string of the molecule is C[C@@H]1C[C@@H]2CC(C)(C)C[C@@H]2C2(C)CC[C@H]12. The molecule has 0 aromatic heterocycles. The van der Waals surface area contributed by atoms with E-state index >= 15 is 0 Å². The van der Waals surface area contributed by atoms with Crippen LogP contribution >= 0.6 is 0 Å². The summed E-state index contributed by atoms with van der Waals surface area (Å²) in [5.41, 5.74) is 1.39. The van der Waals surface area contributed by atoms with Crippen molar-refractivity contribution in [2.45, 2.75) is 59.8 Å². The van der Waals surface area contributed by atoms with Gasteiger partial charge in [-0.2, -0.15) is 0 Å². The average Bonchev–Trinajstić information content (AvgIpc) is 2.36. The van der Waals surface area contributed by atoms with E-state index in [1.165, 1.54) is 32.1 Å². The van der Waals surface area contributed by atoms with Gasteiger partial charge in [0.05, 0.1) is 0 Å².